The van der Waals surface area contributed by atoms with Crippen LogP contribution >= 0.6 is 19.8 Å². The van der Waals surface area contributed by atoms with E-state index in [0.717, 1.165) is 0 Å². The van der Waals surface area contributed by atoms with Crippen LogP contribution < -0.4 is 10.3 Å². The van der Waals surface area contributed by atoms with Gasteiger partial charge in [0.2, 0.25) is 10.5 Å². The van der Waals surface area contributed by atoms with Gasteiger partial charge in [-0.05, 0) is 49.8 Å². The van der Waals surface area contributed by atoms with Crippen LogP contribution in [0.4, 0.5) is 5.82 Å². The molecule has 1 aliphatic heterocycles. The summed E-state index contributed by atoms with van der Waals surface area (Å²) in [5.74, 6) is -1.23. The summed E-state index contributed by atoms with van der Waals surface area (Å²) >= 11 is 5.16. The number of aliphatic hydroxyl groups excluding tert-OH is 2. The van der Waals surface area contributed by atoms with Gasteiger partial charge in [-0.15, -0.1) is 0 Å². The molecular formula is C22H29N6O8PS. The molecule has 0 amide bonds. The number of esters is 1. The molecule has 1 fully saturated rings. The largest absolute Gasteiger partial charge is 0.463 e. The highest BCUT2D eigenvalue weighted by atomic mass is 32.1. The second kappa shape index (κ2) is 12.2. The lowest BCUT2D eigenvalue weighted by molar-refractivity contribution is -0.151. The van der Waals surface area contributed by atoms with Crippen molar-refractivity contribution in [1.82, 2.24) is 9.55 Å². The van der Waals surface area contributed by atoms with Crippen LogP contribution in [-0.2, 0) is 23.4 Å². The highest BCUT2D eigenvalue weighted by molar-refractivity contribution is 7.71. The summed E-state index contributed by atoms with van der Waals surface area (Å²) in [4.78, 5) is 19.0. The Morgan fingerprint density at radius 2 is 2.03 bits per heavy atom. The van der Waals surface area contributed by atoms with Gasteiger partial charge in [0, 0.05) is 11.1 Å². The minimum absolute atomic E-state index is 0.0746. The number of nitrogens with two attached hydrogens (primary N) is 1. The van der Waals surface area contributed by atoms with Gasteiger partial charge in [0.05, 0.1) is 24.8 Å². The Kier molecular flexibility index (Phi) is 9.49. The summed E-state index contributed by atoms with van der Waals surface area (Å²) in [7, 11) is -4.18. The third-order valence-corrected chi connectivity index (χ3v) is 7.76. The van der Waals surface area contributed by atoms with E-state index in [9.17, 15) is 25.1 Å². The van der Waals surface area contributed by atoms with E-state index in [1.807, 2.05) is 0 Å². The zero-order chi connectivity index (χ0) is 28.1. The average Bonchev–Trinajstić information content (AvgIpc) is 3.09. The van der Waals surface area contributed by atoms with Crippen LogP contribution in [0.25, 0.3) is 10.4 Å². The number of benzene rings is 1. The molecule has 0 spiro atoms. The van der Waals surface area contributed by atoms with Crippen molar-refractivity contribution < 1.29 is 38.1 Å². The number of azide groups is 1. The summed E-state index contributed by atoms with van der Waals surface area (Å²) in [6.45, 7) is 4.04. The van der Waals surface area contributed by atoms with Gasteiger partial charge in [-0.2, -0.15) is 0 Å². The fourth-order valence-electron chi connectivity index (χ4n) is 3.63. The number of para-hydroxylation sites is 1. The molecule has 206 valence electrons. The maximum Gasteiger partial charge on any atom is 0.380 e. The molecule has 2 heterocycles. The van der Waals surface area contributed by atoms with E-state index in [0.29, 0.717) is 0 Å². The topological polar surface area (TPSA) is 204 Å². The number of hydrogen-bond acceptors (Lipinski definition) is 12. The van der Waals surface area contributed by atoms with E-state index in [1.165, 1.54) is 35.9 Å². The molecule has 38 heavy (non-hydrogen) atoms. The summed E-state index contributed by atoms with van der Waals surface area (Å²) in [5, 5.41) is 25.1. The number of carbonyl (C=O) groups is 1. The Bertz CT molecular complexity index is 1290. The summed E-state index contributed by atoms with van der Waals surface area (Å²) in [6, 6.07) is 9.47. The molecule has 1 aromatic heterocycles. The molecule has 2 unspecified atom stereocenters. The molecule has 0 radical (unpaired) electrons. The van der Waals surface area contributed by atoms with Gasteiger partial charge in [0.25, 0.3) is 0 Å². The normalized spacial score (nSPS) is 25.3. The standard InChI is InChI=1S/C22H29N6O8PS/c1-13(2)34-20(31)14(3)11-37(32,36-15-7-5-4-6-8-15)33-12-22(26-27-24)18(30)17(29)19(35-22)28-10-9-16(23)25-21(28)38/h4-10,13-14,17-19,29-30H,11-12H2,1-3H3,(H2,23,25,38)/t14-,17?,18-,19-,22-,37?/m1/s1. The van der Waals surface area contributed by atoms with Crippen molar-refractivity contribution in [2.24, 2.45) is 11.0 Å². The Morgan fingerprint density at radius 1 is 1.34 bits per heavy atom. The Labute approximate surface area is 223 Å². The highest BCUT2D eigenvalue weighted by Gasteiger charge is 2.56. The van der Waals surface area contributed by atoms with Crippen LogP contribution in [-0.4, -0.2) is 62.5 Å². The SMILES string of the molecule is CC(C)OC(=O)[C@H](C)CP(=O)(OC[C@@]1(N=[N+]=[N-])O[C@@H](n2ccc(N)nc2=S)C(O)[C@H]1O)Oc1ccccc1. The number of nitrogen functional groups attached to an aromatic ring is 1. The number of nitrogens with zero attached hydrogens (tertiary/aromatic N) is 5. The number of ether oxygens (including phenoxy) is 2. The Balaban J connectivity index is 1.90. The van der Waals surface area contributed by atoms with E-state index in [2.05, 4.69) is 15.0 Å². The number of rotatable bonds is 11. The van der Waals surface area contributed by atoms with E-state index in [1.54, 1.807) is 32.0 Å². The molecule has 4 N–H and O–H groups in total. The number of aromatic nitrogens is 2. The average molecular weight is 569 g/mol. The zero-order valence-electron chi connectivity index (χ0n) is 20.9. The predicted octanol–water partition coefficient (Wildman–Crippen LogP) is 3.33. The van der Waals surface area contributed by atoms with E-state index < -0.39 is 62.5 Å². The third kappa shape index (κ3) is 6.88. The number of carbonyl (C=O) groups excluding carboxylic acids is 1. The molecule has 0 saturated carbocycles. The van der Waals surface area contributed by atoms with Crippen LogP contribution in [0.2, 0.25) is 0 Å². The van der Waals surface area contributed by atoms with E-state index in [4.69, 9.17) is 36.5 Å². The molecule has 6 atom stereocenters. The van der Waals surface area contributed by atoms with Gasteiger partial charge < -0.3 is 29.9 Å². The minimum Gasteiger partial charge on any atom is -0.463 e. The second-order valence-electron chi connectivity index (χ2n) is 8.88. The lowest BCUT2D eigenvalue weighted by Gasteiger charge is -2.29. The minimum atomic E-state index is -4.18. The lowest BCUT2D eigenvalue weighted by atomic mass is 10.1. The maximum absolute atomic E-state index is 13.9. The highest BCUT2D eigenvalue weighted by Crippen LogP contribution is 2.52. The van der Waals surface area contributed by atoms with Crippen molar-refractivity contribution in [3.8, 4) is 5.75 Å². The smallest absolute Gasteiger partial charge is 0.380 e. The van der Waals surface area contributed by atoms with Crippen molar-refractivity contribution in [1.29, 1.82) is 0 Å². The summed E-state index contributed by atoms with van der Waals surface area (Å²) in [6.07, 6.45) is -4.27. The number of hydrogen-bond donors (Lipinski definition) is 3. The van der Waals surface area contributed by atoms with Gasteiger partial charge in [0.15, 0.2) is 6.23 Å². The zero-order valence-corrected chi connectivity index (χ0v) is 22.6. The van der Waals surface area contributed by atoms with Crippen LogP contribution in [0.1, 0.15) is 27.0 Å². The first-order valence-corrected chi connectivity index (χ1v) is 13.7. The Morgan fingerprint density at radius 3 is 2.63 bits per heavy atom. The van der Waals surface area contributed by atoms with Gasteiger partial charge in [-0.3, -0.25) is 13.9 Å². The molecule has 0 bridgehead atoms. The first kappa shape index (κ1) is 29.5. The number of aliphatic hydroxyl groups is 2. The third-order valence-electron chi connectivity index (χ3n) is 5.45. The van der Waals surface area contributed by atoms with Crippen LogP contribution in [0.15, 0.2) is 47.7 Å². The monoisotopic (exact) mass is 568 g/mol. The fraction of sp³-hybridized carbons (Fsp3) is 0.500. The maximum atomic E-state index is 13.9. The van der Waals surface area contributed by atoms with Crippen LogP contribution in [0.5, 0.6) is 5.75 Å². The van der Waals surface area contributed by atoms with Crippen molar-refractivity contribution in [3.05, 3.63) is 57.8 Å². The molecular weight excluding hydrogens is 539 g/mol. The van der Waals surface area contributed by atoms with Crippen molar-refractivity contribution in [2.45, 2.75) is 51.0 Å². The first-order valence-electron chi connectivity index (χ1n) is 11.5. The van der Waals surface area contributed by atoms with Crippen molar-refractivity contribution in [2.75, 3.05) is 18.5 Å². The van der Waals surface area contributed by atoms with E-state index >= 15 is 0 Å². The summed E-state index contributed by atoms with van der Waals surface area (Å²) in [5.41, 5.74) is 12.6. The second-order valence-corrected chi connectivity index (χ2v) is 11.3. The first-order chi connectivity index (χ1) is 17.9. The molecule has 1 aliphatic rings. The van der Waals surface area contributed by atoms with Crippen molar-refractivity contribution in [3.63, 3.8) is 0 Å². The number of anilines is 1. The summed E-state index contributed by atoms with van der Waals surface area (Å²) < 4.78 is 37.3. The fourth-order valence-corrected chi connectivity index (χ4v) is 5.77. The molecule has 3 rings (SSSR count). The van der Waals surface area contributed by atoms with E-state index in [-0.39, 0.29) is 16.3 Å². The molecule has 1 saturated heterocycles. The molecule has 1 aromatic carbocycles. The van der Waals surface area contributed by atoms with Crippen LogP contribution in [0, 0.1) is 10.7 Å². The van der Waals surface area contributed by atoms with Gasteiger partial charge in [0.1, 0.15) is 23.8 Å². The molecule has 2 aromatic rings. The van der Waals surface area contributed by atoms with Crippen LogP contribution in [0.3, 0.4) is 0 Å². The van der Waals surface area contributed by atoms with Gasteiger partial charge >= 0.3 is 13.6 Å². The molecule has 16 heteroatoms. The Hall–Kier alpha value is -3.03. The predicted molar refractivity (Wildman–Crippen MR) is 137 cm³/mol. The van der Waals surface area contributed by atoms with Crippen molar-refractivity contribution >= 4 is 31.6 Å². The lowest BCUT2D eigenvalue weighted by Crippen LogP contribution is -2.45. The molecule has 0 aliphatic carbocycles. The molecule has 14 nitrogen and oxygen atoms in total. The van der Waals surface area contributed by atoms with Gasteiger partial charge in [-0.1, -0.05) is 30.2 Å². The van der Waals surface area contributed by atoms with Gasteiger partial charge in [-0.25, -0.2) is 9.55 Å². The quantitative estimate of drug-likeness (QED) is 0.0895.